The lowest BCUT2D eigenvalue weighted by Gasteiger charge is -2.18. The van der Waals surface area contributed by atoms with Gasteiger partial charge in [-0.15, -0.1) is 0 Å². The summed E-state index contributed by atoms with van der Waals surface area (Å²) in [6, 6.07) is 12.5. The zero-order chi connectivity index (χ0) is 21.8. The molecule has 0 aliphatic carbocycles. The third kappa shape index (κ3) is 4.78. The van der Waals surface area contributed by atoms with Crippen LogP contribution in [0.1, 0.15) is 48.2 Å². The molecule has 4 aromatic heterocycles. The maximum absolute atomic E-state index is 5.51. The molecule has 1 aliphatic rings. The van der Waals surface area contributed by atoms with E-state index in [0.717, 1.165) is 53.9 Å². The molecule has 0 amide bonds. The lowest BCUT2D eigenvalue weighted by molar-refractivity contribution is 0.131. The minimum absolute atomic E-state index is 0.528. The molecule has 5 rings (SSSR count). The molecule has 0 spiro atoms. The van der Waals surface area contributed by atoms with Gasteiger partial charge in [0.15, 0.2) is 0 Å². The largest absolute Gasteiger partial charge is 0.375 e. The average Bonchev–Trinajstić information content (AvgIpc) is 3.50. The quantitative estimate of drug-likeness (QED) is 0.425. The van der Waals surface area contributed by atoms with Gasteiger partial charge in [0, 0.05) is 56.5 Å². The van der Waals surface area contributed by atoms with Gasteiger partial charge < -0.3 is 14.0 Å². The topological polar surface area (TPSA) is 68.4 Å². The number of ether oxygens (including phenoxy) is 1. The number of rotatable bonds is 8. The highest BCUT2D eigenvalue weighted by Gasteiger charge is 2.17. The number of nitrogens with zero attached hydrogens (tertiary/aromatic N) is 6. The minimum Gasteiger partial charge on any atom is -0.375 e. The van der Waals surface area contributed by atoms with E-state index < -0.39 is 0 Å². The number of pyridine rings is 2. The Kier molecular flexibility index (Phi) is 6.07. The van der Waals surface area contributed by atoms with Gasteiger partial charge in [0.25, 0.3) is 0 Å². The summed E-state index contributed by atoms with van der Waals surface area (Å²) in [6.07, 6.45) is 9.61. The summed E-state index contributed by atoms with van der Waals surface area (Å²) in [6.45, 7) is 5.31. The Morgan fingerprint density at radius 1 is 0.906 bits per heavy atom. The van der Waals surface area contributed by atoms with Crippen LogP contribution in [-0.2, 0) is 24.2 Å². The van der Waals surface area contributed by atoms with Gasteiger partial charge in [-0.25, -0.2) is 15.0 Å². The molecule has 0 unspecified atom stereocenters. The second-order valence-electron chi connectivity index (χ2n) is 8.17. The van der Waals surface area contributed by atoms with Crippen molar-refractivity contribution >= 4 is 11.5 Å². The van der Waals surface area contributed by atoms with Gasteiger partial charge in [-0.2, -0.15) is 0 Å². The molecule has 1 fully saturated rings. The van der Waals surface area contributed by atoms with Crippen molar-refractivity contribution < 1.29 is 4.74 Å². The van der Waals surface area contributed by atoms with Crippen LogP contribution in [0.25, 0.3) is 5.65 Å². The maximum Gasteiger partial charge on any atom is 0.136 e. The first-order chi connectivity index (χ1) is 15.8. The van der Waals surface area contributed by atoms with Gasteiger partial charge in [0.2, 0.25) is 0 Å². The smallest absolute Gasteiger partial charge is 0.136 e. The van der Waals surface area contributed by atoms with Crippen LogP contribution in [0, 0.1) is 0 Å². The van der Waals surface area contributed by atoms with E-state index in [2.05, 4.69) is 34.3 Å². The average molecular weight is 429 g/mol. The van der Waals surface area contributed by atoms with Crippen molar-refractivity contribution in [2.45, 2.75) is 39.2 Å². The predicted molar refractivity (Wildman–Crippen MR) is 124 cm³/mol. The molecule has 0 radical (unpaired) electrons. The zero-order valence-electron chi connectivity index (χ0n) is 18.4. The Hall–Kier alpha value is -3.32. The molecule has 0 bridgehead atoms. The molecule has 7 nitrogen and oxygen atoms in total. The molecule has 5 heterocycles. The van der Waals surface area contributed by atoms with Crippen molar-refractivity contribution in [3.8, 4) is 0 Å². The lowest BCUT2D eigenvalue weighted by Crippen LogP contribution is -2.20. The number of imidazole rings is 1. The van der Waals surface area contributed by atoms with Gasteiger partial charge in [-0.3, -0.25) is 4.98 Å². The second-order valence-corrected chi connectivity index (χ2v) is 8.17. The van der Waals surface area contributed by atoms with Gasteiger partial charge in [-0.1, -0.05) is 6.07 Å². The van der Waals surface area contributed by atoms with Crippen LogP contribution in [0.2, 0.25) is 0 Å². The fourth-order valence-corrected chi connectivity index (χ4v) is 4.16. The molecular weight excluding hydrogens is 400 g/mol. The van der Waals surface area contributed by atoms with Crippen molar-refractivity contribution in [3.05, 3.63) is 83.5 Å². The molecular formula is C25H28N6O. The van der Waals surface area contributed by atoms with Crippen molar-refractivity contribution in [1.29, 1.82) is 0 Å². The van der Waals surface area contributed by atoms with E-state index in [1.54, 1.807) is 0 Å². The van der Waals surface area contributed by atoms with E-state index >= 15 is 0 Å². The van der Waals surface area contributed by atoms with Crippen LogP contribution < -0.4 is 4.90 Å². The van der Waals surface area contributed by atoms with Crippen LogP contribution in [0.15, 0.2) is 55.0 Å². The first-order valence-corrected chi connectivity index (χ1v) is 11.3. The summed E-state index contributed by atoms with van der Waals surface area (Å²) >= 11 is 0. The predicted octanol–water partition coefficient (Wildman–Crippen LogP) is 3.84. The summed E-state index contributed by atoms with van der Waals surface area (Å²) in [5, 5.41) is 0. The molecule has 1 saturated heterocycles. The standard InChI is InChI=1S/C25H28N6O/c1-2-32-18-21-7-5-6-20(27-21)16-23-28-22(17-25(29-23)30-10-3-4-11-30)14-19-8-12-31-13-9-26-24(31)15-19/h5-9,12-13,15,17H,2-4,10-11,14,16,18H2,1H3. The molecule has 1 aliphatic heterocycles. The van der Waals surface area contributed by atoms with E-state index in [4.69, 9.17) is 19.7 Å². The third-order valence-corrected chi connectivity index (χ3v) is 5.75. The lowest BCUT2D eigenvalue weighted by atomic mass is 10.1. The highest BCUT2D eigenvalue weighted by atomic mass is 16.5. The number of fused-ring (bicyclic) bond motifs is 1. The van der Waals surface area contributed by atoms with Gasteiger partial charge in [-0.05, 0) is 49.6 Å². The summed E-state index contributed by atoms with van der Waals surface area (Å²) in [5.41, 5.74) is 5.07. The SMILES string of the molecule is CCOCc1cccc(Cc2nc(Cc3ccn4ccnc4c3)cc(N3CCCC3)n2)n1. The van der Waals surface area contributed by atoms with E-state index in [1.807, 2.05) is 41.9 Å². The molecule has 7 heteroatoms. The Morgan fingerprint density at radius 2 is 1.78 bits per heavy atom. The summed E-state index contributed by atoms with van der Waals surface area (Å²) in [7, 11) is 0. The summed E-state index contributed by atoms with van der Waals surface area (Å²) in [5.74, 6) is 1.84. The zero-order valence-corrected chi connectivity index (χ0v) is 18.4. The monoisotopic (exact) mass is 428 g/mol. The molecule has 4 aromatic rings. The molecule has 0 aromatic carbocycles. The summed E-state index contributed by atoms with van der Waals surface area (Å²) < 4.78 is 7.53. The third-order valence-electron chi connectivity index (χ3n) is 5.75. The van der Waals surface area contributed by atoms with Crippen LogP contribution in [0.5, 0.6) is 0 Å². The van der Waals surface area contributed by atoms with E-state index in [1.165, 1.54) is 18.4 Å². The first kappa shape index (κ1) is 20.6. The van der Waals surface area contributed by atoms with Gasteiger partial charge in [0.1, 0.15) is 17.3 Å². The van der Waals surface area contributed by atoms with Gasteiger partial charge in [0.05, 0.1) is 24.4 Å². The van der Waals surface area contributed by atoms with Crippen LogP contribution in [0.3, 0.4) is 0 Å². The number of anilines is 1. The molecule has 164 valence electrons. The van der Waals surface area contributed by atoms with E-state index in [-0.39, 0.29) is 0 Å². The molecule has 0 atom stereocenters. The highest BCUT2D eigenvalue weighted by Crippen LogP contribution is 2.21. The van der Waals surface area contributed by atoms with Crippen molar-refractivity contribution in [2.75, 3.05) is 24.6 Å². The van der Waals surface area contributed by atoms with Crippen LogP contribution in [0.4, 0.5) is 5.82 Å². The van der Waals surface area contributed by atoms with E-state index in [0.29, 0.717) is 19.6 Å². The molecule has 0 saturated carbocycles. The number of hydrogen-bond donors (Lipinski definition) is 0. The maximum atomic E-state index is 5.51. The molecule has 0 N–H and O–H groups in total. The number of aromatic nitrogens is 5. The fraction of sp³-hybridized carbons (Fsp3) is 0.360. The van der Waals surface area contributed by atoms with Crippen molar-refractivity contribution in [1.82, 2.24) is 24.3 Å². The Morgan fingerprint density at radius 3 is 2.66 bits per heavy atom. The van der Waals surface area contributed by atoms with Crippen molar-refractivity contribution in [2.24, 2.45) is 0 Å². The fourth-order valence-electron chi connectivity index (χ4n) is 4.16. The second kappa shape index (κ2) is 9.44. The normalized spacial score (nSPS) is 13.8. The first-order valence-electron chi connectivity index (χ1n) is 11.3. The molecule has 32 heavy (non-hydrogen) atoms. The highest BCUT2D eigenvalue weighted by molar-refractivity contribution is 5.45. The minimum atomic E-state index is 0.528. The van der Waals surface area contributed by atoms with Crippen LogP contribution >= 0.6 is 0 Å². The van der Waals surface area contributed by atoms with Gasteiger partial charge >= 0.3 is 0 Å². The van der Waals surface area contributed by atoms with Crippen LogP contribution in [-0.4, -0.2) is 44.0 Å². The Bertz CT molecular complexity index is 1200. The Balaban J connectivity index is 1.43. The Labute approximate surface area is 188 Å². The van der Waals surface area contributed by atoms with E-state index in [9.17, 15) is 0 Å². The number of hydrogen-bond acceptors (Lipinski definition) is 6. The summed E-state index contributed by atoms with van der Waals surface area (Å²) in [4.78, 5) is 21.4. The van der Waals surface area contributed by atoms with Crippen molar-refractivity contribution in [3.63, 3.8) is 0 Å².